The van der Waals surface area contributed by atoms with Crippen LogP contribution in [-0.4, -0.2) is 4.98 Å². The summed E-state index contributed by atoms with van der Waals surface area (Å²) in [7, 11) is 0. The van der Waals surface area contributed by atoms with Crippen molar-refractivity contribution in [3.05, 3.63) is 53.2 Å². The van der Waals surface area contributed by atoms with Gasteiger partial charge in [0.15, 0.2) is 0 Å². The number of ether oxygens (including phenoxy) is 1. The highest BCUT2D eigenvalue weighted by atomic mass is 16.5. The molecule has 20 heavy (non-hydrogen) atoms. The van der Waals surface area contributed by atoms with E-state index < -0.39 is 0 Å². The molecule has 0 bridgehead atoms. The summed E-state index contributed by atoms with van der Waals surface area (Å²) >= 11 is 0. The van der Waals surface area contributed by atoms with Gasteiger partial charge >= 0.3 is 0 Å². The lowest BCUT2D eigenvalue weighted by molar-refractivity contribution is 0.449. The second kappa shape index (κ2) is 6.21. The fourth-order valence-corrected chi connectivity index (χ4v) is 2.00. The van der Waals surface area contributed by atoms with E-state index in [1.807, 2.05) is 31.2 Å². The Morgan fingerprint density at radius 2 is 2.00 bits per heavy atom. The van der Waals surface area contributed by atoms with E-state index >= 15 is 0 Å². The average molecular weight is 266 g/mol. The third kappa shape index (κ3) is 2.97. The number of para-hydroxylation sites is 1. The molecule has 0 aliphatic carbocycles. The van der Waals surface area contributed by atoms with Crippen molar-refractivity contribution in [1.29, 1.82) is 5.26 Å². The molecule has 3 heteroatoms. The minimum Gasteiger partial charge on any atom is -0.437 e. The Morgan fingerprint density at radius 1 is 1.25 bits per heavy atom. The summed E-state index contributed by atoms with van der Waals surface area (Å²) in [4.78, 5) is 4.32. The van der Waals surface area contributed by atoms with Crippen LogP contribution >= 0.6 is 0 Å². The van der Waals surface area contributed by atoms with E-state index in [1.54, 1.807) is 6.07 Å². The van der Waals surface area contributed by atoms with Crippen molar-refractivity contribution in [1.82, 2.24) is 4.98 Å². The van der Waals surface area contributed by atoms with Crippen LogP contribution in [0.5, 0.6) is 11.6 Å². The molecule has 1 aromatic heterocycles. The van der Waals surface area contributed by atoms with Gasteiger partial charge < -0.3 is 4.74 Å². The van der Waals surface area contributed by atoms with Gasteiger partial charge in [-0.1, -0.05) is 32.0 Å². The molecule has 2 aromatic rings. The zero-order valence-electron chi connectivity index (χ0n) is 12.1. The number of benzene rings is 1. The lowest BCUT2D eigenvalue weighted by Crippen LogP contribution is -1.99. The predicted octanol–water partition coefficient (Wildman–Crippen LogP) is 4.57. The molecule has 0 fully saturated rings. The lowest BCUT2D eigenvalue weighted by Gasteiger charge is -2.15. The maximum Gasteiger partial charge on any atom is 0.237 e. The average Bonchev–Trinajstić information content (AvgIpc) is 2.47. The summed E-state index contributed by atoms with van der Waals surface area (Å²) in [6.07, 6.45) is 1.03. The first kappa shape index (κ1) is 14.1. The van der Waals surface area contributed by atoms with Gasteiger partial charge in [-0.2, -0.15) is 5.26 Å². The molecule has 2 rings (SSSR count). The first-order chi connectivity index (χ1) is 9.65. The molecule has 3 nitrogen and oxygen atoms in total. The second-order valence-electron chi connectivity index (χ2n) is 4.87. The van der Waals surface area contributed by atoms with Crippen LogP contribution in [0.1, 0.15) is 43.0 Å². The van der Waals surface area contributed by atoms with E-state index in [2.05, 4.69) is 31.0 Å². The summed E-state index contributed by atoms with van der Waals surface area (Å²) < 4.78 is 5.90. The Kier molecular flexibility index (Phi) is 4.37. The molecular weight excluding hydrogens is 248 g/mol. The molecule has 1 aromatic carbocycles. The number of aromatic nitrogens is 1. The molecule has 0 radical (unpaired) electrons. The highest BCUT2D eigenvalue weighted by molar-refractivity contribution is 5.44. The number of nitriles is 1. The Morgan fingerprint density at radius 3 is 2.70 bits per heavy atom. The highest BCUT2D eigenvalue weighted by Crippen LogP contribution is 2.32. The van der Waals surface area contributed by atoms with Crippen LogP contribution in [0.15, 0.2) is 36.4 Å². The highest BCUT2D eigenvalue weighted by Gasteiger charge is 2.13. The second-order valence-corrected chi connectivity index (χ2v) is 4.87. The molecule has 1 unspecified atom stereocenters. The van der Waals surface area contributed by atoms with Gasteiger partial charge in [0, 0.05) is 5.69 Å². The number of nitrogens with zero attached hydrogens (tertiary/aromatic N) is 2. The molecule has 1 heterocycles. The monoisotopic (exact) mass is 266 g/mol. The molecule has 0 saturated heterocycles. The van der Waals surface area contributed by atoms with Crippen LogP contribution < -0.4 is 4.74 Å². The molecule has 0 spiro atoms. The van der Waals surface area contributed by atoms with Gasteiger partial charge in [0.1, 0.15) is 17.4 Å². The first-order valence-corrected chi connectivity index (χ1v) is 6.80. The molecule has 1 atom stereocenters. The largest absolute Gasteiger partial charge is 0.437 e. The van der Waals surface area contributed by atoms with Crippen LogP contribution in [-0.2, 0) is 0 Å². The van der Waals surface area contributed by atoms with E-state index in [9.17, 15) is 0 Å². The van der Waals surface area contributed by atoms with Crippen LogP contribution in [0.2, 0.25) is 0 Å². The van der Waals surface area contributed by atoms with E-state index in [1.165, 1.54) is 0 Å². The third-order valence-corrected chi connectivity index (χ3v) is 3.39. The van der Waals surface area contributed by atoms with Crippen LogP contribution in [0, 0.1) is 18.3 Å². The smallest absolute Gasteiger partial charge is 0.237 e. The Hall–Kier alpha value is -2.34. The van der Waals surface area contributed by atoms with Crippen molar-refractivity contribution >= 4 is 0 Å². The normalized spacial score (nSPS) is 11.7. The number of rotatable bonds is 4. The number of hydrogen-bond donors (Lipinski definition) is 0. The lowest BCUT2D eigenvalue weighted by atomic mass is 9.98. The number of aryl methyl sites for hydroxylation is 1. The molecule has 102 valence electrons. The van der Waals surface area contributed by atoms with Crippen molar-refractivity contribution in [2.75, 3.05) is 0 Å². The van der Waals surface area contributed by atoms with Gasteiger partial charge in [0.05, 0.1) is 0 Å². The summed E-state index contributed by atoms with van der Waals surface area (Å²) in [5.41, 5.74) is 2.43. The summed E-state index contributed by atoms with van der Waals surface area (Å²) in [6, 6.07) is 13.6. The minimum atomic E-state index is 0.378. The maximum absolute atomic E-state index is 9.14. The standard InChI is InChI=1S/C17H18N2O/c1-4-12(2)15-7-5-6-8-16(15)20-17-14(11-18)10-9-13(3)19-17/h5-10,12H,4H2,1-3H3. The molecule has 0 N–H and O–H groups in total. The van der Waals surface area contributed by atoms with E-state index in [0.717, 1.165) is 23.4 Å². The van der Waals surface area contributed by atoms with E-state index in [0.29, 0.717) is 17.4 Å². The number of pyridine rings is 1. The first-order valence-electron chi connectivity index (χ1n) is 6.80. The third-order valence-electron chi connectivity index (χ3n) is 3.39. The summed E-state index contributed by atoms with van der Waals surface area (Å²) in [6.45, 7) is 6.19. The van der Waals surface area contributed by atoms with Crippen molar-refractivity contribution in [2.45, 2.75) is 33.1 Å². The zero-order chi connectivity index (χ0) is 14.5. The van der Waals surface area contributed by atoms with E-state index in [4.69, 9.17) is 10.00 Å². The van der Waals surface area contributed by atoms with E-state index in [-0.39, 0.29) is 0 Å². The quantitative estimate of drug-likeness (QED) is 0.814. The van der Waals surface area contributed by atoms with Crippen LogP contribution in [0.25, 0.3) is 0 Å². The Balaban J connectivity index is 2.41. The maximum atomic E-state index is 9.14. The fraction of sp³-hybridized carbons (Fsp3) is 0.294. The SMILES string of the molecule is CCC(C)c1ccccc1Oc1nc(C)ccc1C#N. The Labute approximate surface area is 119 Å². The van der Waals surface area contributed by atoms with Gasteiger partial charge in [-0.05, 0) is 43.0 Å². The predicted molar refractivity (Wildman–Crippen MR) is 78.9 cm³/mol. The van der Waals surface area contributed by atoms with Gasteiger partial charge in [0.25, 0.3) is 0 Å². The van der Waals surface area contributed by atoms with Crippen molar-refractivity contribution < 1.29 is 4.74 Å². The van der Waals surface area contributed by atoms with Crippen LogP contribution in [0.4, 0.5) is 0 Å². The minimum absolute atomic E-state index is 0.378. The molecular formula is C17H18N2O. The van der Waals surface area contributed by atoms with Crippen molar-refractivity contribution in [3.63, 3.8) is 0 Å². The van der Waals surface area contributed by atoms with Crippen molar-refractivity contribution in [3.8, 4) is 17.7 Å². The number of hydrogen-bond acceptors (Lipinski definition) is 3. The van der Waals surface area contributed by atoms with Gasteiger partial charge in [-0.25, -0.2) is 4.98 Å². The van der Waals surface area contributed by atoms with Crippen LogP contribution in [0.3, 0.4) is 0 Å². The zero-order valence-corrected chi connectivity index (χ0v) is 12.1. The fourth-order valence-electron chi connectivity index (χ4n) is 2.00. The summed E-state index contributed by atoms with van der Waals surface area (Å²) in [5, 5.41) is 9.14. The van der Waals surface area contributed by atoms with Crippen molar-refractivity contribution in [2.24, 2.45) is 0 Å². The molecule has 0 amide bonds. The molecule has 0 saturated carbocycles. The van der Waals surface area contributed by atoms with Gasteiger partial charge in [-0.15, -0.1) is 0 Å². The Bertz CT molecular complexity index is 644. The summed E-state index contributed by atoms with van der Waals surface area (Å²) in [5.74, 6) is 1.56. The van der Waals surface area contributed by atoms with Gasteiger partial charge in [-0.3, -0.25) is 0 Å². The molecule has 0 aliphatic heterocycles. The van der Waals surface area contributed by atoms with Gasteiger partial charge in [0.2, 0.25) is 5.88 Å². The molecule has 0 aliphatic rings. The topological polar surface area (TPSA) is 45.9 Å².